The Hall–Kier alpha value is -0.870. The molecule has 2 aliphatic rings. The number of anilines is 1. The number of amides is 1. The van der Waals surface area contributed by atoms with Gasteiger partial charge in [0.25, 0.3) is 0 Å². The Balaban J connectivity index is 1.86. The molecule has 3 nitrogen and oxygen atoms in total. The van der Waals surface area contributed by atoms with Gasteiger partial charge in [0.1, 0.15) is 0 Å². The number of carbonyl (C=O) groups is 1. The minimum Gasteiger partial charge on any atom is -0.316 e. The molecule has 2 saturated heterocycles. The first kappa shape index (κ1) is 11.2. The number of benzene rings is 1. The van der Waals surface area contributed by atoms with Crippen LogP contribution < -0.4 is 10.2 Å². The van der Waals surface area contributed by atoms with Crippen LogP contribution in [-0.4, -0.2) is 25.5 Å². The molecule has 1 spiro atoms. The number of nitrogens with zero attached hydrogens (tertiary/aromatic N) is 1. The second-order valence-corrected chi connectivity index (χ2v) is 5.81. The summed E-state index contributed by atoms with van der Waals surface area (Å²) < 4.78 is 1.05. The van der Waals surface area contributed by atoms with Crippen molar-refractivity contribution in [3.05, 3.63) is 28.7 Å². The van der Waals surface area contributed by atoms with Crippen molar-refractivity contribution in [3.63, 3.8) is 0 Å². The Labute approximate surface area is 109 Å². The summed E-state index contributed by atoms with van der Waals surface area (Å²) in [6.45, 7) is 2.67. The first-order valence-electron chi connectivity index (χ1n) is 6.00. The number of carbonyl (C=O) groups excluding carboxylic acids is 1. The molecule has 1 N–H and O–H groups in total. The molecule has 4 heteroatoms. The van der Waals surface area contributed by atoms with Crippen molar-refractivity contribution < 1.29 is 4.79 Å². The second-order valence-electron chi connectivity index (χ2n) is 4.89. The lowest BCUT2D eigenvalue weighted by Gasteiger charge is -2.22. The number of nitrogens with one attached hydrogen (secondary N) is 1. The largest absolute Gasteiger partial charge is 0.316 e. The van der Waals surface area contributed by atoms with E-state index in [4.69, 9.17) is 0 Å². The fourth-order valence-electron chi connectivity index (χ4n) is 2.83. The van der Waals surface area contributed by atoms with Crippen LogP contribution in [0.15, 0.2) is 28.7 Å². The molecule has 2 fully saturated rings. The molecule has 1 unspecified atom stereocenters. The first-order valence-corrected chi connectivity index (χ1v) is 6.79. The molecule has 0 bridgehead atoms. The lowest BCUT2D eigenvalue weighted by Crippen LogP contribution is -2.36. The molecule has 1 aromatic carbocycles. The second kappa shape index (κ2) is 4.10. The maximum Gasteiger partial charge on any atom is 0.234 e. The van der Waals surface area contributed by atoms with E-state index in [1.165, 1.54) is 0 Å². The smallest absolute Gasteiger partial charge is 0.234 e. The molecule has 2 heterocycles. The van der Waals surface area contributed by atoms with Crippen LogP contribution in [0, 0.1) is 5.41 Å². The zero-order chi connectivity index (χ0) is 11.9. The van der Waals surface area contributed by atoms with Gasteiger partial charge in [0, 0.05) is 23.2 Å². The van der Waals surface area contributed by atoms with E-state index in [0.29, 0.717) is 5.91 Å². The predicted molar refractivity (Wildman–Crippen MR) is 71.0 cm³/mol. The summed E-state index contributed by atoms with van der Waals surface area (Å²) >= 11 is 3.42. The minimum absolute atomic E-state index is 0.118. The van der Waals surface area contributed by atoms with E-state index >= 15 is 0 Å². The minimum atomic E-state index is -0.118. The van der Waals surface area contributed by atoms with Crippen LogP contribution in [0.2, 0.25) is 0 Å². The summed E-state index contributed by atoms with van der Waals surface area (Å²) in [6.07, 6.45) is 1.97. The van der Waals surface area contributed by atoms with Gasteiger partial charge in [0.05, 0.1) is 5.41 Å². The van der Waals surface area contributed by atoms with Gasteiger partial charge in [-0.15, -0.1) is 0 Å². The van der Waals surface area contributed by atoms with Crippen molar-refractivity contribution in [2.24, 2.45) is 5.41 Å². The molecular weight excluding hydrogens is 280 g/mol. The van der Waals surface area contributed by atoms with Gasteiger partial charge < -0.3 is 10.2 Å². The van der Waals surface area contributed by atoms with Crippen LogP contribution in [0.5, 0.6) is 0 Å². The van der Waals surface area contributed by atoms with Crippen LogP contribution in [0.25, 0.3) is 0 Å². The Kier molecular flexibility index (Phi) is 2.71. The van der Waals surface area contributed by atoms with Gasteiger partial charge in [0.2, 0.25) is 5.91 Å². The van der Waals surface area contributed by atoms with Crippen molar-refractivity contribution in [1.29, 1.82) is 0 Å². The Morgan fingerprint density at radius 1 is 1.24 bits per heavy atom. The van der Waals surface area contributed by atoms with Gasteiger partial charge in [0.15, 0.2) is 0 Å². The topological polar surface area (TPSA) is 32.3 Å². The fraction of sp³-hybridized carbons (Fsp3) is 0.462. The SMILES string of the molecule is O=C1N(c2ccc(Br)cc2)CCC12CCNC2. The first-order chi connectivity index (χ1) is 8.21. The molecule has 0 radical (unpaired) electrons. The maximum absolute atomic E-state index is 12.5. The van der Waals surface area contributed by atoms with E-state index in [-0.39, 0.29) is 5.41 Å². The molecular formula is C13H15BrN2O. The van der Waals surface area contributed by atoms with Crippen LogP contribution >= 0.6 is 15.9 Å². The van der Waals surface area contributed by atoms with E-state index in [1.54, 1.807) is 0 Å². The summed E-state index contributed by atoms with van der Waals surface area (Å²) in [6, 6.07) is 7.98. The van der Waals surface area contributed by atoms with Crippen molar-refractivity contribution in [3.8, 4) is 0 Å². The lowest BCUT2D eigenvalue weighted by molar-refractivity contribution is -0.124. The van der Waals surface area contributed by atoms with Gasteiger partial charge in [-0.1, -0.05) is 15.9 Å². The molecule has 3 rings (SSSR count). The molecule has 0 saturated carbocycles. The highest BCUT2D eigenvalue weighted by molar-refractivity contribution is 9.10. The van der Waals surface area contributed by atoms with Crippen molar-refractivity contribution >= 4 is 27.5 Å². The van der Waals surface area contributed by atoms with Gasteiger partial charge in [-0.2, -0.15) is 0 Å². The normalized spacial score (nSPS) is 28.3. The van der Waals surface area contributed by atoms with E-state index < -0.39 is 0 Å². The van der Waals surface area contributed by atoms with Crippen LogP contribution in [0.4, 0.5) is 5.69 Å². The predicted octanol–water partition coefficient (Wildman–Crippen LogP) is 2.17. The van der Waals surface area contributed by atoms with E-state index in [1.807, 2.05) is 29.2 Å². The number of rotatable bonds is 1. The van der Waals surface area contributed by atoms with E-state index in [2.05, 4.69) is 21.2 Å². The molecule has 17 heavy (non-hydrogen) atoms. The molecule has 1 amide bonds. The van der Waals surface area contributed by atoms with E-state index in [9.17, 15) is 4.79 Å². The molecule has 0 aliphatic carbocycles. The molecule has 90 valence electrons. The molecule has 2 aliphatic heterocycles. The van der Waals surface area contributed by atoms with Gasteiger partial charge >= 0.3 is 0 Å². The summed E-state index contributed by atoms with van der Waals surface area (Å²) in [4.78, 5) is 14.4. The van der Waals surface area contributed by atoms with Crippen LogP contribution in [0.1, 0.15) is 12.8 Å². The average molecular weight is 295 g/mol. The van der Waals surface area contributed by atoms with Crippen molar-refractivity contribution in [1.82, 2.24) is 5.32 Å². The van der Waals surface area contributed by atoms with Crippen LogP contribution in [0.3, 0.4) is 0 Å². The monoisotopic (exact) mass is 294 g/mol. The Morgan fingerprint density at radius 2 is 2.00 bits per heavy atom. The quantitative estimate of drug-likeness (QED) is 0.861. The molecule has 1 atom stereocenters. The van der Waals surface area contributed by atoms with Crippen LogP contribution in [-0.2, 0) is 4.79 Å². The number of hydrogen-bond donors (Lipinski definition) is 1. The molecule has 1 aromatic rings. The van der Waals surface area contributed by atoms with Gasteiger partial charge in [-0.3, -0.25) is 4.79 Å². The lowest BCUT2D eigenvalue weighted by atomic mass is 9.86. The Bertz CT molecular complexity index is 437. The third-order valence-corrected chi connectivity index (χ3v) is 4.42. The number of hydrogen-bond acceptors (Lipinski definition) is 2. The maximum atomic E-state index is 12.5. The summed E-state index contributed by atoms with van der Waals surface area (Å²) in [5.41, 5.74) is 0.898. The van der Waals surface area contributed by atoms with Crippen molar-refractivity contribution in [2.75, 3.05) is 24.5 Å². The van der Waals surface area contributed by atoms with E-state index in [0.717, 1.165) is 42.6 Å². The highest BCUT2D eigenvalue weighted by atomic mass is 79.9. The number of halogens is 1. The third kappa shape index (κ3) is 1.79. The summed E-state index contributed by atoms with van der Waals surface area (Å²) in [5, 5.41) is 3.31. The van der Waals surface area contributed by atoms with Gasteiger partial charge in [-0.05, 0) is 43.7 Å². The Morgan fingerprint density at radius 3 is 2.65 bits per heavy atom. The molecule has 0 aromatic heterocycles. The third-order valence-electron chi connectivity index (χ3n) is 3.89. The highest BCUT2D eigenvalue weighted by Gasteiger charge is 2.48. The fourth-order valence-corrected chi connectivity index (χ4v) is 3.09. The highest BCUT2D eigenvalue weighted by Crippen LogP contribution is 2.39. The van der Waals surface area contributed by atoms with Crippen molar-refractivity contribution in [2.45, 2.75) is 12.8 Å². The summed E-state index contributed by atoms with van der Waals surface area (Å²) in [7, 11) is 0. The van der Waals surface area contributed by atoms with Gasteiger partial charge in [-0.25, -0.2) is 0 Å². The standard InChI is InChI=1S/C13H15BrN2O/c14-10-1-3-11(4-2-10)16-8-6-13(12(16)17)5-7-15-9-13/h1-4,15H,5-9H2. The zero-order valence-electron chi connectivity index (χ0n) is 9.58. The zero-order valence-corrected chi connectivity index (χ0v) is 11.2. The summed E-state index contributed by atoms with van der Waals surface area (Å²) in [5.74, 6) is 0.296. The average Bonchev–Trinajstić information content (AvgIpc) is 2.92.